The molecule has 1 aliphatic heterocycles. The first-order valence-electron chi connectivity index (χ1n) is 10.9. The summed E-state index contributed by atoms with van der Waals surface area (Å²) < 4.78 is 23.0. The lowest BCUT2D eigenvalue weighted by Crippen LogP contribution is -2.30. The summed E-state index contributed by atoms with van der Waals surface area (Å²) in [7, 11) is -0.977. The molecule has 1 aliphatic rings. The van der Waals surface area contributed by atoms with Crippen molar-refractivity contribution in [1.82, 2.24) is 9.88 Å². The van der Waals surface area contributed by atoms with Gasteiger partial charge in [0.2, 0.25) is 0 Å². The number of nitrogens with zero attached hydrogens (tertiary/aromatic N) is 5. The molecule has 2 aromatic rings. The van der Waals surface area contributed by atoms with Crippen molar-refractivity contribution in [3.8, 4) is 12.1 Å². The highest BCUT2D eigenvalue weighted by molar-refractivity contribution is 7.98. The molecule has 2 heterocycles. The smallest absolute Gasteiger partial charge is 0.151 e. The van der Waals surface area contributed by atoms with Gasteiger partial charge in [-0.25, -0.2) is 13.4 Å². The first-order valence-corrected chi connectivity index (χ1v) is 14.0. The normalized spacial score (nSPS) is 15.0. The minimum atomic E-state index is -3.08. The summed E-state index contributed by atoms with van der Waals surface area (Å²) in [4.78, 5) is 9.29. The second-order valence-electron chi connectivity index (χ2n) is 8.37. The minimum absolute atomic E-state index is 0.0183. The van der Waals surface area contributed by atoms with E-state index in [-0.39, 0.29) is 5.75 Å². The van der Waals surface area contributed by atoms with E-state index >= 15 is 0 Å². The van der Waals surface area contributed by atoms with Crippen LogP contribution in [0.2, 0.25) is 0 Å². The van der Waals surface area contributed by atoms with E-state index in [1.807, 2.05) is 31.2 Å². The molecule has 0 atom stereocenters. The first kappa shape index (κ1) is 25.0. The van der Waals surface area contributed by atoms with Crippen molar-refractivity contribution in [3.05, 3.63) is 52.1 Å². The number of pyridine rings is 1. The van der Waals surface area contributed by atoms with Crippen LogP contribution in [0, 0.1) is 22.7 Å². The Morgan fingerprint density at radius 2 is 1.70 bits per heavy atom. The van der Waals surface area contributed by atoms with E-state index in [4.69, 9.17) is 4.98 Å². The molecule has 0 radical (unpaired) electrons. The third-order valence-corrected chi connectivity index (χ3v) is 7.58. The van der Waals surface area contributed by atoms with Gasteiger partial charge in [0.1, 0.15) is 23.0 Å². The Labute approximate surface area is 200 Å². The van der Waals surface area contributed by atoms with Crippen molar-refractivity contribution in [1.29, 1.82) is 10.5 Å². The van der Waals surface area contributed by atoms with E-state index in [0.717, 1.165) is 49.3 Å². The van der Waals surface area contributed by atoms with Gasteiger partial charge < -0.3 is 9.80 Å². The van der Waals surface area contributed by atoms with Crippen molar-refractivity contribution in [2.24, 2.45) is 0 Å². The maximum Gasteiger partial charge on any atom is 0.151 e. The Morgan fingerprint density at radius 1 is 1.03 bits per heavy atom. The van der Waals surface area contributed by atoms with Crippen LogP contribution in [0.5, 0.6) is 0 Å². The number of benzene rings is 1. The summed E-state index contributed by atoms with van der Waals surface area (Å²) in [5.41, 5.74) is 3.51. The number of hydrogen-bond acceptors (Lipinski definition) is 8. The Morgan fingerprint density at radius 3 is 2.30 bits per heavy atom. The Balaban J connectivity index is 1.91. The second kappa shape index (κ2) is 11.0. The Kier molecular flexibility index (Phi) is 8.36. The fourth-order valence-corrected chi connectivity index (χ4v) is 5.72. The van der Waals surface area contributed by atoms with Gasteiger partial charge in [-0.05, 0) is 43.1 Å². The van der Waals surface area contributed by atoms with E-state index in [1.54, 1.807) is 0 Å². The number of likely N-dealkylation sites (N-methyl/N-ethyl adjacent to an activating group) is 1. The van der Waals surface area contributed by atoms with Crippen LogP contribution in [0.4, 0.5) is 5.82 Å². The number of sulfone groups is 1. The van der Waals surface area contributed by atoms with Gasteiger partial charge in [-0.3, -0.25) is 0 Å². The van der Waals surface area contributed by atoms with Crippen molar-refractivity contribution in [2.75, 3.05) is 44.4 Å². The number of hydrogen-bond donors (Lipinski definition) is 0. The molecular weight excluding hydrogens is 454 g/mol. The second-order valence-corrected chi connectivity index (χ2v) is 11.5. The SMILES string of the molecule is CCc1c(C#N)c(SCc2ccc(CS(C)(=O)=O)cc2)nc(N2CCCN(C)CC2)c1C#N. The van der Waals surface area contributed by atoms with E-state index in [1.165, 1.54) is 18.0 Å². The van der Waals surface area contributed by atoms with Crippen LogP contribution in [0.1, 0.15) is 41.2 Å². The summed E-state index contributed by atoms with van der Waals surface area (Å²) in [6.07, 6.45) is 2.80. The molecule has 174 valence electrons. The quantitative estimate of drug-likeness (QED) is 0.553. The number of aromatic nitrogens is 1. The predicted molar refractivity (Wildman–Crippen MR) is 132 cm³/mol. The molecule has 0 aliphatic carbocycles. The molecule has 1 saturated heterocycles. The van der Waals surface area contributed by atoms with Crippen LogP contribution >= 0.6 is 11.8 Å². The maximum absolute atomic E-state index is 11.5. The molecule has 0 N–H and O–H groups in total. The zero-order chi connectivity index (χ0) is 24.0. The van der Waals surface area contributed by atoms with Crippen molar-refractivity contribution >= 4 is 27.4 Å². The van der Waals surface area contributed by atoms with Crippen LogP contribution < -0.4 is 4.90 Å². The van der Waals surface area contributed by atoms with E-state index in [9.17, 15) is 18.9 Å². The van der Waals surface area contributed by atoms with Crippen LogP contribution in [0.3, 0.4) is 0 Å². The van der Waals surface area contributed by atoms with Crippen LogP contribution in [0.15, 0.2) is 29.3 Å². The molecule has 1 aromatic carbocycles. The van der Waals surface area contributed by atoms with Gasteiger partial charge in [-0.1, -0.05) is 31.2 Å². The molecular formula is C24H29N5O2S2. The van der Waals surface area contributed by atoms with Crippen molar-refractivity contribution in [2.45, 2.75) is 36.3 Å². The van der Waals surface area contributed by atoms with E-state index in [0.29, 0.717) is 34.1 Å². The lowest BCUT2D eigenvalue weighted by atomic mass is 10.0. The third kappa shape index (κ3) is 6.48. The van der Waals surface area contributed by atoms with Gasteiger partial charge in [-0.2, -0.15) is 10.5 Å². The molecule has 3 rings (SSSR count). The summed E-state index contributed by atoms with van der Waals surface area (Å²) >= 11 is 1.48. The fourth-order valence-electron chi connectivity index (χ4n) is 3.96. The van der Waals surface area contributed by atoms with Crippen LogP contribution in [-0.4, -0.2) is 57.8 Å². The fraction of sp³-hybridized carbons (Fsp3) is 0.458. The van der Waals surface area contributed by atoms with E-state index in [2.05, 4.69) is 29.0 Å². The molecule has 0 saturated carbocycles. The van der Waals surface area contributed by atoms with Crippen LogP contribution in [-0.2, 0) is 27.8 Å². The van der Waals surface area contributed by atoms with Gasteiger partial charge in [0.05, 0.1) is 16.9 Å². The van der Waals surface area contributed by atoms with Gasteiger partial charge in [-0.15, -0.1) is 11.8 Å². The minimum Gasteiger partial charge on any atom is -0.354 e. The molecule has 0 unspecified atom stereocenters. The third-order valence-electron chi connectivity index (χ3n) is 5.67. The van der Waals surface area contributed by atoms with Crippen molar-refractivity contribution < 1.29 is 8.42 Å². The molecule has 7 nitrogen and oxygen atoms in total. The van der Waals surface area contributed by atoms with Crippen molar-refractivity contribution in [3.63, 3.8) is 0 Å². The van der Waals surface area contributed by atoms with Gasteiger partial charge in [0, 0.05) is 31.6 Å². The average molecular weight is 484 g/mol. The average Bonchev–Trinajstić information content (AvgIpc) is 3.00. The Bertz CT molecular complexity index is 1180. The molecule has 0 amide bonds. The molecule has 0 bridgehead atoms. The van der Waals surface area contributed by atoms with Crippen LogP contribution in [0.25, 0.3) is 0 Å². The van der Waals surface area contributed by atoms with Gasteiger partial charge in [0.25, 0.3) is 0 Å². The number of rotatable bonds is 7. The largest absolute Gasteiger partial charge is 0.354 e. The maximum atomic E-state index is 11.5. The Hall–Kier alpha value is -2.59. The number of nitriles is 2. The highest BCUT2D eigenvalue weighted by Gasteiger charge is 2.24. The molecule has 9 heteroatoms. The zero-order valence-corrected chi connectivity index (χ0v) is 21.0. The first-order chi connectivity index (χ1) is 15.8. The monoisotopic (exact) mass is 483 g/mol. The number of thioether (sulfide) groups is 1. The molecule has 33 heavy (non-hydrogen) atoms. The summed E-state index contributed by atoms with van der Waals surface area (Å²) in [6, 6.07) is 12.1. The lowest BCUT2D eigenvalue weighted by molar-refractivity contribution is 0.360. The summed E-state index contributed by atoms with van der Waals surface area (Å²) in [6.45, 7) is 5.49. The zero-order valence-electron chi connectivity index (χ0n) is 19.3. The molecule has 1 aromatic heterocycles. The highest BCUT2D eigenvalue weighted by Crippen LogP contribution is 2.33. The summed E-state index contributed by atoms with van der Waals surface area (Å²) in [5, 5.41) is 20.4. The van der Waals surface area contributed by atoms with Gasteiger partial charge >= 0.3 is 0 Å². The predicted octanol–water partition coefficient (Wildman–Crippen LogP) is 3.37. The topological polar surface area (TPSA) is 101 Å². The molecule has 0 spiro atoms. The number of anilines is 1. The lowest BCUT2D eigenvalue weighted by Gasteiger charge is -2.25. The highest BCUT2D eigenvalue weighted by atomic mass is 32.2. The molecule has 1 fully saturated rings. The standard InChI is InChI=1S/C24H29N5O2S2/c1-4-20-21(14-25)23(29-11-5-10-28(2)12-13-29)27-24(22(20)15-26)32-16-18-6-8-19(9-7-18)17-33(3,30)31/h6-9H,4-5,10-13,16-17H2,1-3H3. The summed E-state index contributed by atoms with van der Waals surface area (Å²) in [5.74, 6) is 1.29. The van der Waals surface area contributed by atoms with E-state index < -0.39 is 9.84 Å². The van der Waals surface area contributed by atoms with Gasteiger partial charge in [0.15, 0.2) is 9.84 Å².